The van der Waals surface area contributed by atoms with Crippen LogP contribution in [0.3, 0.4) is 0 Å². The predicted octanol–water partition coefficient (Wildman–Crippen LogP) is 4.28. The van der Waals surface area contributed by atoms with E-state index in [1.54, 1.807) is 7.11 Å². The van der Waals surface area contributed by atoms with Gasteiger partial charge in [0.2, 0.25) is 0 Å². The molecule has 2 unspecified atom stereocenters. The SMILES string of the molecule is COc1ccc(Br)c(CC2CCCCCC2C(=O)O)c1. The number of benzene rings is 1. The van der Waals surface area contributed by atoms with Crippen molar-refractivity contribution in [2.24, 2.45) is 11.8 Å². The molecule has 0 amide bonds. The van der Waals surface area contributed by atoms with Gasteiger partial charge >= 0.3 is 5.97 Å². The smallest absolute Gasteiger partial charge is 0.306 e. The maximum atomic E-state index is 11.5. The Morgan fingerprint density at radius 2 is 2.10 bits per heavy atom. The van der Waals surface area contributed by atoms with E-state index in [-0.39, 0.29) is 11.8 Å². The minimum atomic E-state index is -0.643. The molecular weight excluding hydrogens is 320 g/mol. The summed E-state index contributed by atoms with van der Waals surface area (Å²) in [6, 6.07) is 5.89. The van der Waals surface area contributed by atoms with E-state index in [0.717, 1.165) is 54.3 Å². The van der Waals surface area contributed by atoms with Crippen molar-refractivity contribution in [2.45, 2.75) is 38.5 Å². The summed E-state index contributed by atoms with van der Waals surface area (Å²) < 4.78 is 6.29. The van der Waals surface area contributed by atoms with Crippen LogP contribution in [0.2, 0.25) is 0 Å². The van der Waals surface area contributed by atoms with Crippen LogP contribution in [-0.4, -0.2) is 18.2 Å². The molecule has 1 aliphatic rings. The molecule has 0 saturated heterocycles. The van der Waals surface area contributed by atoms with Gasteiger partial charge in [-0.2, -0.15) is 0 Å². The van der Waals surface area contributed by atoms with Gasteiger partial charge in [0, 0.05) is 4.47 Å². The summed E-state index contributed by atoms with van der Waals surface area (Å²) in [4.78, 5) is 11.5. The normalized spacial score (nSPS) is 23.1. The molecule has 0 aromatic heterocycles. The Hall–Kier alpha value is -1.03. The maximum Gasteiger partial charge on any atom is 0.306 e. The fraction of sp³-hybridized carbons (Fsp3) is 0.562. The van der Waals surface area contributed by atoms with E-state index in [2.05, 4.69) is 15.9 Å². The third-order valence-electron chi connectivity index (χ3n) is 4.21. The van der Waals surface area contributed by atoms with Crippen LogP contribution in [0.5, 0.6) is 5.75 Å². The number of hydrogen-bond donors (Lipinski definition) is 1. The predicted molar refractivity (Wildman–Crippen MR) is 82.1 cm³/mol. The van der Waals surface area contributed by atoms with Crippen LogP contribution in [-0.2, 0) is 11.2 Å². The lowest BCUT2D eigenvalue weighted by atomic mass is 9.83. The van der Waals surface area contributed by atoms with Gasteiger partial charge in [-0.3, -0.25) is 4.79 Å². The highest BCUT2D eigenvalue weighted by Crippen LogP contribution is 2.34. The van der Waals surface area contributed by atoms with Crippen molar-refractivity contribution >= 4 is 21.9 Å². The Morgan fingerprint density at radius 3 is 2.80 bits per heavy atom. The molecule has 0 aliphatic heterocycles. The summed E-state index contributed by atoms with van der Waals surface area (Å²) in [6.07, 6.45) is 5.93. The Labute approximate surface area is 128 Å². The second kappa shape index (κ2) is 7.11. The Morgan fingerprint density at radius 1 is 1.35 bits per heavy atom. The third-order valence-corrected chi connectivity index (χ3v) is 4.98. The number of rotatable bonds is 4. The zero-order chi connectivity index (χ0) is 14.5. The van der Waals surface area contributed by atoms with Gasteiger partial charge in [-0.15, -0.1) is 0 Å². The summed E-state index contributed by atoms with van der Waals surface area (Å²) in [6.45, 7) is 0. The summed E-state index contributed by atoms with van der Waals surface area (Å²) in [5.41, 5.74) is 1.14. The van der Waals surface area contributed by atoms with Crippen LogP contribution in [0.4, 0.5) is 0 Å². The molecule has 1 aliphatic carbocycles. The van der Waals surface area contributed by atoms with Gasteiger partial charge in [0.15, 0.2) is 0 Å². The van der Waals surface area contributed by atoms with Gasteiger partial charge in [0.1, 0.15) is 5.75 Å². The molecule has 4 heteroatoms. The van der Waals surface area contributed by atoms with Gasteiger partial charge in [-0.25, -0.2) is 0 Å². The number of aliphatic carboxylic acids is 1. The molecular formula is C16H21BrO3. The molecule has 3 nitrogen and oxygen atoms in total. The number of methoxy groups -OCH3 is 1. The molecule has 2 atom stereocenters. The highest BCUT2D eigenvalue weighted by Gasteiger charge is 2.29. The number of ether oxygens (including phenoxy) is 1. The fourth-order valence-corrected chi connectivity index (χ4v) is 3.48. The van der Waals surface area contributed by atoms with Gasteiger partial charge in [0.25, 0.3) is 0 Å². The standard InChI is InChI=1S/C16H21BrO3/c1-20-13-7-8-15(17)12(10-13)9-11-5-3-2-4-6-14(11)16(18)19/h7-8,10-11,14H,2-6,9H2,1H3,(H,18,19). The van der Waals surface area contributed by atoms with E-state index < -0.39 is 5.97 Å². The largest absolute Gasteiger partial charge is 0.497 e. The third kappa shape index (κ3) is 3.75. The van der Waals surface area contributed by atoms with E-state index in [0.29, 0.717) is 0 Å². The maximum absolute atomic E-state index is 11.5. The molecule has 0 spiro atoms. The molecule has 20 heavy (non-hydrogen) atoms. The number of hydrogen-bond acceptors (Lipinski definition) is 2. The zero-order valence-electron chi connectivity index (χ0n) is 11.8. The Bertz CT molecular complexity index is 473. The van der Waals surface area contributed by atoms with Crippen LogP contribution >= 0.6 is 15.9 Å². The van der Waals surface area contributed by atoms with Crippen LogP contribution in [0.15, 0.2) is 22.7 Å². The summed E-state index contributed by atoms with van der Waals surface area (Å²) >= 11 is 3.56. The van der Waals surface area contributed by atoms with Crippen LogP contribution in [0.1, 0.15) is 37.7 Å². The highest BCUT2D eigenvalue weighted by atomic mass is 79.9. The number of carboxylic acid groups (broad SMARTS) is 1. The number of carboxylic acids is 1. The van der Waals surface area contributed by atoms with E-state index in [1.807, 2.05) is 18.2 Å². The molecule has 0 heterocycles. The second-order valence-electron chi connectivity index (χ2n) is 5.50. The molecule has 1 aromatic carbocycles. The molecule has 1 fully saturated rings. The average molecular weight is 341 g/mol. The molecule has 1 aromatic rings. The first-order valence-electron chi connectivity index (χ1n) is 7.17. The molecule has 1 N–H and O–H groups in total. The summed E-state index contributed by atoms with van der Waals surface area (Å²) in [7, 11) is 1.65. The number of carbonyl (C=O) groups is 1. The minimum Gasteiger partial charge on any atom is -0.497 e. The lowest BCUT2D eigenvalue weighted by Gasteiger charge is -2.22. The van der Waals surface area contributed by atoms with Crippen LogP contribution in [0, 0.1) is 11.8 Å². The van der Waals surface area contributed by atoms with E-state index in [4.69, 9.17) is 4.74 Å². The lowest BCUT2D eigenvalue weighted by molar-refractivity contribution is -0.143. The van der Waals surface area contributed by atoms with Crippen molar-refractivity contribution in [1.82, 2.24) is 0 Å². The van der Waals surface area contributed by atoms with Gasteiger partial charge < -0.3 is 9.84 Å². The molecule has 0 bridgehead atoms. The van der Waals surface area contributed by atoms with Crippen molar-refractivity contribution in [3.05, 3.63) is 28.2 Å². The van der Waals surface area contributed by atoms with Crippen LogP contribution in [0.25, 0.3) is 0 Å². The van der Waals surface area contributed by atoms with Crippen LogP contribution < -0.4 is 4.74 Å². The zero-order valence-corrected chi connectivity index (χ0v) is 13.4. The van der Waals surface area contributed by atoms with Gasteiger partial charge in [0.05, 0.1) is 13.0 Å². The van der Waals surface area contributed by atoms with Crippen molar-refractivity contribution in [2.75, 3.05) is 7.11 Å². The summed E-state index contributed by atoms with van der Waals surface area (Å²) in [5.74, 6) is 0.189. The van der Waals surface area contributed by atoms with E-state index >= 15 is 0 Å². The lowest BCUT2D eigenvalue weighted by Crippen LogP contribution is -2.24. The van der Waals surface area contributed by atoms with E-state index in [9.17, 15) is 9.90 Å². The monoisotopic (exact) mass is 340 g/mol. The first-order valence-corrected chi connectivity index (χ1v) is 7.96. The number of halogens is 1. The van der Waals surface area contributed by atoms with Gasteiger partial charge in [-0.1, -0.05) is 35.2 Å². The van der Waals surface area contributed by atoms with Crippen molar-refractivity contribution in [3.63, 3.8) is 0 Å². The first kappa shape index (κ1) is 15.4. The minimum absolute atomic E-state index is 0.212. The molecule has 110 valence electrons. The second-order valence-corrected chi connectivity index (χ2v) is 6.36. The first-order chi connectivity index (χ1) is 9.61. The van der Waals surface area contributed by atoms with Crippen molar-refractivity contribution in [3.8, 4) is 5.75 Å². The summed E-state index contributed by atoms with van der Waals surface area (Å²) in [5, 5.41) is 9.45. The Balaban J connectivity index is 2.19. The average Bonchev–Trinajstić information content (AvgIpc) is 2.66. The topological polar surface area (TPSA) is 46.5 Å². The van der Waals surface area contributed by atoms with E-state index in [1.165, 1.54) is 0 Å². The Kier molecular flexibility index (Phi) is 5.46. The molecule has 0 radical (unpaired) electrons. The quantitative estimate of drug-likeness (QED) is 0.832. The fourth-order valence-electron chi connectivity index (χ4n) is 3.07. The molecule has 2 rings (SSSR count). The highest BCUT2D eigenvalue weighted by molar-refractivity contribution is 9.10. The molecule has 1 saturated carbocycles. The van der Waals surface area contributed by atoms with Crippen molar-refractivity contribution in [1.29, 1.82) is 0 Å². The van der Waals surface area contributed by atoms with Gasteiger partial charge in [-0.05, 0) is 48.9 Å². The van der Waals surface area contributed by atoms with Crippen molar-refractivity contribution < 1.29 is 14.6 Å².